The maximum Gasteiger partial charge on any atom is 0.241 e. The molecule has 0 atom stereocenters. The van der Waals surface area contributed by atoms with E-state index in [0.29, 0.717) is 11.4 Å². The average molecular weight is 147 g/mol. The first-order valence-corrected chi connectivity index (χ1v) is 3.01. The number of carbonyl (C=O) groups is 1. The van der Waals surface area contributed by atoms with Crippen molar-refractivity contribution in [2.24, 2.45) is 0 Å². The fraction of sp³-hybridized carbons (Fsp3) is 0. The van der Waals surface area contributed by atoms with Gasteiger partial charge in [0.25, 0.3) is 0 Å². The number of nitrogen functional groups attached to an aromatic ring is 1. The Balaban J connectivity index is 2.79. The summed E-state index contributed by atoms with van der Waals surface area (Å²) in [6.45, 7) is 0. The molecule has 1 rings (SSSR count). The Hall–Kier alpha value is -1.45. The molecule has 3 nitrogen and oxygen atoms in total. The Morgan fingerprint density at radius 3 is 2.82 bits per heavy atom. The molecule has 2 N–H and O–H groups in total. The van der Waals surface area contributed by atoms with Crippen LogP contribution in [0.25, 0.3) is 0 Å². The molecule has 54 valence electrons. The monoisotopic (exact) mass is 147 g/mol. The van der Waals surface area contributed by atoms with Crippen molar-refractivity contribution >= 4 is 19.4 Å². The Kier molecular flexibility index (Phi) is 2.16. The van der Waals surface area contributed by atoms with Crippen LogP contribution in [0.2, 0.25) is 0 Å². The molecule has 2 radical (unpaired) electrons. The molecule has 11 heavy (non-hydrogen) atoms. The summed E-state index contributed by atoms with van der Waals surface area (Å²) in [6.07, 6.45) is 0. The predicted octanol–water partition coefficient (Wildman–Crippen LogP) is 0.936. The zero-order valence-electron chi connectivity index (χ0n) is 5.78. The molecule has 0 fully saturated rings. The third kappa shape index (κ3) is 2.33. The van der Waals surface area contributed by atoms with Crippen LogP contribution < -0.4 is 10.5 Å². The molecule has 0 aliphatic rings. The van der Waals surface area contributed by atoms with Crippen LogP contribution >= 0.6 is 0 Å². The first-order valence-electron chi connectivity index (χ1n) is 3.01. The van der Waals surface area contributed by atoms with Gasteiger partial charge in [0.05, 0.1) is 0 Å². The molecular formula is C7H6BNO2. The predicted molar refractivity (Wildman–Crippen MR) is 42.6 cm³/mol. The minimum Gasteiger partial charge on any atom is -0.436 e. The Labute approximate surface area is 65.6 Å². The minimum atomic E-state index is -0.837. The van der Waals surface area contributed by atoms with Crippen molar-refractivity contribution < 1.29 is 9.53 Å². The summed E-state index contributed by atoms with van der Waals surface area (Å²) in [5.74, 6) is -0.479. The lowest BCUT2D eigenvalue weighted by Gasteiger charge is -2.00. The lowest BCUT2D eigenvalue weighted by Crippen LogP contribution is -2.03. The molecule has 0 aromatic heterocycles. The molecule has 1 aromatic carbocycles. The highest BCUT2D eigenvalue weighted by atomic mass is 16.5. The smallest absolute Gasteiger partial charge is 0.241 e. The SMILES string of the molecule is [B]C(=O)Oc1cccc(N)c1. The van der Waals surface area contributed by atoms with Crippen molar-refractivity contribution in [2.45, 2.75) is 0 Å². The van der Waals surface area contributed by atoms with E-state index in [1.807, 2.05) is 0 Å². The number of benzene rings is 1. The molecule has 0 heterocycles. The highest BCUT2D eigenvalue weighted by Gasteiger charge is 1.95. The fourth-order valence-electron chi connectivity index (χ4n) is 0.694. The second-order valence-electron chi connectivity index (χ2n) is 1.99. The molecule has 0 bridgehead atoms. The molecule has 1 aromatic rings. The first kappa shape index (κ1) is 7.66. The van der Waals surface area contributed by atoms with Crippen LogP contribution in [-0.4, -0.2) is 13.7 Å². The van der Waals surface area contributed by atoms with Gasteiger partial charge in [0.2, 0.25) is 13.7 Å². The zero-order valence-corrected chi connectivity index (χ0v) is 5.78. The molecule has 0 saturated carbocycles. The first-order chi connectivity index (χ1) is 5.18. The largest absolute Gasteiger partial charge is 0.436 e. The second-order valence-corrected chi connectivity index (χ2v) is 1.99. The highest BCUT2D eigenvalue weighted by Crippen LogP contribution is 2.13. The van der Waals surface area contributed by atoms with Crippen LogP contribution in [0.4, 0.5) is 10.5 Å². The average Bonchev–Trinajstić information content (AvgIpc) is 1.85. The summed E-state index contributed by atoms with van der Waals surface area (Å²) in [4.78, 5) is 10.2. The summed E-state index contributed by atoms with van der Waals surface area (Å²) in [7, 11) is 4.77. The van der Waals surface area contributed by atoms with Gasteiger partial charge in [-0.3, -0.25) is 4.79 Å². The van der Waals surface area contributed by atoms with Crippen molar-refractivity contribution in [3.63, 3.8) is 0 Å². The van der Waals surface area contributed by atoms with Gasteiger partial charge in [-0.15, -0.1) is 0 Å². The lowest BCUT2D eigenvalue weighted by atomic mass is 10.2. The maximum atomic E-state index is 10.2. The summed E-state index contributed by atoms with van der Waals surface area (Å²) in [6, 6.07) is 6.48. The molecule has 0 unspecified atom stereocenters. The molecule has 0 aliphatic heterocycles. The van der Waals surface area contributed by atoms with E-state index in [1.165, 1.54) is 6.07 Å². The maximum absolute atomic E-state index is 10.2. The van der Waals surface area contributed by atoms with Gasteiger partial charge in [-0.25, -0.2) is 0 Å². The van der Waals surface area contributed by atoms with E-state index < -0.39 is 5.87 Å². The zero-order chi connectivity index (χ0) is 8.27. The van der Waals surface area contributed by atoms with Gasteiger partial charge < -0.3 is 10.5 Å². The number of nitrogens with two attached hydrogens (primary N) is 1. The second kappa shape index (κ2) is 3.10. The number of hydrogen-bond donors (Lipinski definition) is 1. The van der Waals surface area contributed by atoms with Crippen molar-refractivity contribution in [1.82, 2.24) is 0 Å². The Morgan fingerprint density at radius 1 is 1.55 bits per heavy atom. The quantitative estimate of drug-likeness (QED) is 0.474. The molecule has 0 aliphatic carbocycles. The van der Waals surface area contributed by atoms with E-state index in [4.69, 9.17) is 13.6 Å². The van der Waals surface area contributed by atoms with Gasteiger partial charge in [-0.05, 0) is 12.1 Å². The van der Waals surface area contributed by atoms with E-state index in [9.17, 15) is 4.79 Å². The highest BCUT2D eigenvalue weighted by molar-refractivity contribution is 6.55. The normalized spacial score (nSPS) is 9.09. The summed E-state index contributed by atoms with van der Waals surface area (Å²) in [5.41, 5.74) is 5.93. The number of anilines is 1. The lowest BCUT2D eigenvalue weighted by molar-refractivity contribution is 0.225. The number of ether oxygens (including phenoxy) is 1. The van der Waals surface area contributed by atoms with Gasteiger partial charge in [-0.1, -0.05) is 6.07 Å². The van der Waals surface area contributed by atoms with Gasteiger partial charge >= 0.3 is 0 Å². The molecular weight excluding hydrogens is 141 g/mol. The fourth-order valence-corrected chi connectivity index (χ4v) is 0.694. The van der Waals surface area contributed by atoms with Gasteiger partial charge in [0.1, 0.15) is 5.75 Å². The number of rotatable bonds is 1. The third-order valence-electron chi connectivity index (χ3n) is 1.08. The number of carbonyl (C=O) groups excluding carboxylic acids is 1. The van der Waals surface area contributed by atoms with E-state index in [2.05, 4.69) is 4.74 Å². The minimum absolute atomic E-state index is 0.359. The molecule has 0 amide bonds. The molecule has 0 spiro atoms. The van der Waals surface area contributed by atoms with Crippen LogP contribution in [0.5, 0.6) is 5.75 Å². The topological polar surface area (TPSA) is 52.3 Å². The molecule has 4 heteroatoms. The van der Waals surface area contributed by atoms with Gasteiger partial charge in [0.15, 0.2) is 0 Å². The molecule has 0 saturated heterocycles. The van der Waals surface area contributed by atoms with E-state index >= 15 is 0 Å². The van der Waals surface area contributed by atoms with Gasteiger partial charge in [-0.2, -0.15) is 0 Å². The summed E-state index contributed by atoms with van der Waals surface area (Å²) in [5, 5.41) is 0. The van der Waals surface area contributed by atoms with E-state index in [-0.39, 0.29) is 0 Å². The van der Waals surface area contributed by atoms with Crippen LogP contribution in [0, 0.1) is 0 Å². The summed E-state index contributed by atoms with van der Waals surface area (Å²) < 4.78 is 4.55. The van der Waals surface area contributed by atoms with Crippen LogP contribution in [0.1, 0.15) is 0 Å². The standard InChI is InChI=1S/C7H6BNO2/c8-7(10)11-6-3-1-2-5(9)4-6/h1-4H,9H2. The Morgan fingerprint density at radius 2 is 2.27 bits per heavy atom. The summed E-state index contributed by atoms with van der Waals surface area (Å²) >= 11 is 0. The van der Waals surface area contributed by atoms with Crippen molar-refractivity contribution in [3.05, 3.63) is 24.3 Å². The van der Waals surface area contributed by atoms with Crippen molar-refractivity contribution in [3.8, 4) is 5.75 Å². The van der Waals surface area contributed by atoms with E-state index in [1.54, 1.807) is 18.2 Å². The van der Waals surface area contributed by atoms with Crippen LogP contribution in [0.3, 0.4) is 0 Å². The van der Waals surface area contributed by atoms with Crippen molar-refractivity contribution in [1.29, 1.82) is 0 Å². The third-order valence-corrected chi connectivity index (χ3v) is 1.08. The van der Waals surface area contributed by atoms with Crippen LogP contribution in [0.15, 0.2) is 24.3 Å². The van der Waals surface area contributed by atoms with Crippen molar-refractivity contribution in [2.75, 3.05) is 5.73 Å². The number of hydrogen-bond acceptors (Lipinski definition) is 3. The van der Waals surface area contributed by atoms with Crippen LogP contribution in [-0.2, 0) is 0 Å². The van der Waals surface area contributed by atoms with Gasteiger partial charge in [0, 0.05) is 11.8 Å². The Bertz CT molecular complexity index is 275. The van der Waals surface area contributed by atoms with E-state index in [0.717, 1.165) is 0 Å².